The molecule has 0 heterocycles. The lowest BCUT2D eigenvalue weighted by Gasteiger charge is -2.43. The van der Waals surface area contributed by atoms with E-state index < -0.39 is 5.97 Å². The number of benzene rings is 2. The summed E-state index contributed by atoms with van der Waals surface area (Å²) in [4.78, 5) is 11.1. The van der Waals surface area contributed by atoms with Gasteiger partial charge in [-0.05, 0) is 89.8 Å². The van der Waals surface area contributed by atoms with Crippen molar-refractivity contribution in [3.05, 3.63) is 75.4 Å². The fourth-order valence-electron chi connectivity index (χ4n) is 5.69. The number of allylic oxidation sites excluding steroid dienone is 1. The van der Waals surface area contributed by atoms with E-state index in [0.29, 0.717) is 11.5 Å². The van der Waals surface area contributed by atoms with E-state index in [4.69, 9.17) is 5.11 Å². The van der Waals surface area contributed by atoms with Crippen molar-refractivity contribution in [3.63, 3.8) is 0 Å². The fraction of sp³-hybridized carbons (Fsp3) is 0.464. The van der Waals surface area contributed by atoms with Gasteiger partial charge >= 0.3 is 5.97 Å². The third-order valence-electron chi connectivity index (χ3n) is 7.46. The van der Waals surface area contributed by atoms with E-state index in [2.05, 4.69) is 52.8 Å². The zero-order chi connectivity index (χ0) is 21.7. The van der Waals surface area contributed by atoms with Gasteiger partial charge in [0.15, 0.2) is 0 Å². The highest BCUT2D eigenvalue weighted by molar-refractivity contribution is 5.87. The molecule has 0 radical (unpaired) electrons. The summed E-state index contributed by atoms with van der Waals surface area (Å²) in [6, 6.07) is 12.2. The highest BCUT2D eigenvalue weighted by Gasteiger charge is 2.39. The SMILES string of the molecule is Cc1cc(C2CCC/C2=C\c2ccc(C(=O)O)cc2)cc2c1C(C)(C)CCC2(C)C. The Bertz CT molecular complexity index is 1010. The first kappa shape index (κ1) is 20.9. The number of carboxylic acid groups (broad SMARTS) is 1. The summed E-state index contributed by atoms with van der Waals surface area (Å²) in [5.41, 5.74) is 9.40. The Kier molecular flexibility index (Phi) is 5.16. The zero-order valence-electron chi connectivity index (χ0n) is 19.0. The third-order valence-corrected chi connectivity index (χ3v) is 7.46. The van der Waals surface area contributed by atoms with E-state index in [1.54, 1.807) is 23.3 Å². The Morgan fingerprint density at radius 2 is 1.70 bits per heavy atom. The average molecular weight is 403 g/mol. The highest BCUT2D eigenvalue weighted by atomic mass is 16.4. The summed E-state index contributed by atoms with van der Waals surface area (Å²) in [5.74, 6) is -0.406. The van der Waals surface area contributed by atoms with Crippen molar-refractivity contribution in [2.75, 3.05) is 0 Å². The second-order valence-corrected chi connectivity index (χ2v) is 10.6. The van der Waals surface area contributed by atoms with Gasteiger partial charge in [0.05, 0.1) is 5.56 Å². The van der Waals surface area contributed by atoms with E-state index in [1.165, 1.54) is 42.4 Å². The maximum Gasteiger partial charge on any atom is 0.335 e. The molecule has 0 bridgehead atoms. The Labute approximate surface area is 181 Å². The van der Waals surface area contributed by atoms with E-state index in [-0.39, 0.29) is 10.8 Å². The molecule has 0 aliphatic heterocycles. The molecule has 1 saturated carbocycles. The van der Waals surface area contributed by atoms with Crippen molar-refractivity contribution in [2.45, 2.75) is 83.5 Å². The van der Waals surface area contributed by atoms with Crippen LogP contribution in [0.1, 0.15) is 104 Å². The van der Waals surface area contributed by atoms with Crippen LogP contribution in [0.4, 0.5) is 0 Å². The second kappa shape index (κ2) is 7.41. The molecule has 2 aliphatic carbocycles. The Hall–Kier alpha value is -2.35. The molecule has 2 nitrogen and oxygen atoms in total. The lowest BCUT2D eigenvalue weighted by Crippen LogP contribution is -2.35. The highest BCUT2D eigenvalue weighted by Crippen LogP contribution is 2.49. The van der Waals surface area contributed by atoms with Crippen LogP contribution in [0.15, 0.2) is 42.0 Å². The summed E-state index contributed by atoms with van der Waals surface area (Å²) in [6.45, 7) is 11.9. The maximum absolute atomic E-state index is 11.1. The summed E-state index contributed by atoms with van der Waals surface area (Å²) >= 11 is 0. The molecular formula is C28H34O2. The number of carboxylic acids is 1. The molecule has 158 valence electrons. The van der Waals surface area contributed by atoms with Crippen LogP contribution in [0.3, 0.4) is 0 Å². The molecular weight excluding hydrogens is 368 g/mol. The third kappa shape index (κ3) is 3.73. The first-order valence-corrected chi connectivity index (χ1v) is 11.3. The Balaban J connectivity index is 1.73. The van der Waals surface area contributed by atoms with Gasteiger partial charge in [-0.15, -0.1) is 0 Å². The van der Waals surface area contributed by atoms with Crippen molar-refractivity contribution in [3.8, 4) is 0 Å². The monoisotopic (exact) mass is 402 g/mol. The van der Waals surface area contributed by atoms with E-state index in [1.807, 2.05) is 12.1 Å². The van der Waals surface area contributed by atoms with Crippen LogP contribution in [0.25, 0.3) is 6.08 Å². The van der Waals surface area contributed by atoms with Crippen molar-refractivity contribution in [1.82, 2.24) is 0 Å². The van der Waals surface area contributed by atoms with Gasteiger partial charge in [0, 0.05) is 5.92 Å². The molecule has 0 aromatic heterocycles. The van der Waals surface area contributed by atoms with Crippen LogP contribution >= 0.6 is 0 Å². The number of aromatic carboxylic acids is 1. The molecule has 0 saturated heterocycles. The Morgan fingerprint density at radius 1 is 1.03 bits per heavy atom. The van der Waals surface area contributed by atoms with Gasteiger partial charge in [-0.2, -0.15) is 0 Å². The lowest BCUT2D eigenvalue weighted by molar-refractivity contribution is 0.0697. The van der Waals surface area contributed by atoms with Crippen LogP contribution < -0.4 is 0 Å². The molecule has 1 atom stereocenters. The van der Waals surface area contributed by atoms with Gasteiger partial charge in [-0.1, -0.05) is 63.6 Å². The summed E-state index contributed by atoms with van der Waals surface area (Å²) in [7, 11) is 0. The average Bonchev–Trinajstić information content (AvgIpc) is 3.13. The van der Waals surface area contributed by atoms with Crippen LogP contribution in [-0.4, -0.2) is 11.1 Å². The maximum atomic E-state index is 11.1. The summed E-state index contributed by atoms with van der Waals surface area (Å²) < 4.78 is 0. The van der Waals surface area contributed by atoms with Gasteiger partial charge in [0.25, 0.3) is 0 Å². The first-order chi connectivity index (χ1) is 14.1. The second-order valence-electron chi connectivity index (χ2n) is 10.6. The molecule has 2 aromatic rings. The molecule has 2 aliphatic rings. The minimum Gasteiger partial charge on any atom is -0.478 e. The van der Waals surface area contributed by atoms with E-state index >= 15 is 0 Å². The predicted molar refractivity (Wildman–Crippen MR) is 124 cm³/mol. The molecule has 0 spiro atoms. The topological polar surface area (TPSA) is 37.3 Å². The molecule has 0 amide bonds. The molecule has 1 N–H and O–H groups in total. The van der Waals surface area contributed by atoms with Gasteiger partial charge < -0.3 is 5.11 Å². The number of hydrogen-bond acceptors (Lipinski definition) is 1. The first-order valence-electron chi connectivity index (χ1n) is 11.3. The minimum absolute atomic E-state index is 0.223. The van der Waals surface area contributed by atoms with E-state index in [0.717, 1.165) is 12.0 Å². The molecule has 2 heteroatoms. The van der Waals surface area contributed by atoms with Crippen LogP contribution in [0, 0.1) is 6.92 Å². The smallest absolute Gasteiger partial charge is 0.335 e. The molecule has 2 aromatic carbocycles. The number of aryl methyl sites for hydroxylation is 1. The van der Waals surface area contributed by atoms with Crippen molar-refractivity contribution in [1.29, 1.82) is 0 Å². The normalized spacial score (nSPS) is 23.4. The summed E-state index contributed by atoms with van der Waals surface area (Å²) in [5, 5.41) is 9.14. The minimum atomic E-state index is -0.872. The van der Waals surface area contributed by atoms with E-state index in [9.17, 15) is 4.79 Å². The predicted octanol–water partition coefficient (Wildman–Crippen LogP) is 7.39. The van der Waals surface area contributed by atoms with Crippen LogP contribution in [0.5, 0.6) is 0 Å². The van der Waals surface area contributed by atoms with Gasteiger partial charge in [-0.3, -0.25) is 0 Å². The number of rotatable bonds is 3. The van der Waals surface area contributed by atoms with Crippen molar-refractivity contribution in [2.24, 2.45) is 0 Å². The summed E-state index contributed by atoms with van der Waals surface area (Å²) in [6.07, 6.45) is 8.30. The largest absolute Gasteiger partial charge is 0.478 e. The van der Waals surface area contributed by atoms with Crippen molar-refractivity contribution >= 4 is 12.0 Å². The lowest BCUT2D eigenvalue weighted by atomic mass is 9.61. The molecule has 1 unspecified atom stereocenters. The Morgan fingerprint density at radius 3 is 2.37 bits per heavy atom. The number of fused-ring (bicyclic) bond motifs is 1. The van der Waals surface area contributed by atoms with Gasteiger partial charge in [-0.25, -0.2) is 4.79 Å². The quantitative estimate of drug-likeness (QED) is 0.581. The standard InChI is InChI=1S/C28H34O2/c1-18-15-22(17-24-25(18)28(4,5)14-13-27(24,2)3)23-8-6-7-21(23)16-19-9-11-20(12-10-19)26(29)30/h9-12,15-17,23H,6-8,13-14H2,1-5H3,(H,29,30)/b21-16+. The molecule has 30 heavy (non-hydrogen) atoms. The fourth-order valence-corrected chi connectivity index (χ4v) is 5.69. The number of hydrogen-bond donors (Lipinski definition) is 1. The van der Waals surface area contributed by atoms with Crippen molar-refractivity contribution < 1.29 is 9.90 Å². The molecule has 4 rings (SSSR count). The zero-order valence-corrected chi connectivity index (χ0v) is 19.0. The number of carbonyl (C=O) groups is 1. The van der Waals surface area contributed by atoms with Crippen LogP contribution in [0.2, 0.25) is 0 Å². The van der Waals surface area contributed by atoms with Gasteiger partial charge in [0.2, 0.25) is 0 Å². The van der Waals surface area contributed by atoms with Crippen LogP contribution in [-0.2, 0) is 10.8 Å². The molecule has 1 fully saturated rings. The van der Waals surface area contributed by atoms with Gasteiger partial charge in [0.1, 0.15) is 0 Å².